The maximum absolute atomic E-state index is 11.3. The van der Waals surface area contributed by atoms with E-state index in [1.54, 1.807) is 0 Å². The summed E-state index contributed by atoms with van der Waals surface area (Å²) in [7, 11) is 0. The van der Waals surface area contributed by atoms with Crippen LogP contribution in [-0.2, 0) is 9.47 Å². The molecule has 1 heterocycles. The van der Waals surface area contributed by atoms with Gasteiger partial charge in [-0.05, 0) is 0 Å². The third-order valence-corrected chi connectivity index (χ3v) is 0.661. The van der Waals surface area contributed by atoms with E-state index in [9.17, 15) is 4.39 Å². The monoisotopic (exact) mass is 104 g/mol. The Morgan fingerprint density at radius 3 is 2.29 bits per heavy atom. The zero-order valence-corrected chi connectivity index (χ0v) is 3.69. The van der Waals surface area contributed by atoms with Crippen molar-refractivity contribution in [1.82, 2.24) is 0 Å². The van der Waals surface area contributed by atoms with Gasteiger partial charge in [0.25, 0.3) is 0 Å². The summed E-state index contributed by atoms with van der Waals surface area (Å²) in [6.07, 6.45) is 0.312. The van der Waals surface area contributed by atoms with Crippen molar-refractivity contribution < 1.29 is 13.9 Å². The van der Waals surface area contributed by atoms with E-state index >= 15 is 0 Å². The molecule has 0 bridgehead atoms. The van der Waals surface area contributed by atoms with Crippen LogP contribution in [0.5, 0.6) is 0 Å². The van der Waals surface area contributed by atoms with Gasteiger partial charge < -0.3 is 9.47 Å². The van der Waals surface area contributed by atoms with Gasteiger partial charge in [-0.2, -0.15) is 0 Å². The average Bonchev–Trinajstić information content (AvgIpc) is 2.14. The normalized spacial score (nSPS) is 18.1. The fourth-order valence-electron chi connectivity index (χ4n) is 0.389. The molecule has 7 heavy (non-hydrogen) atoms. The van der Waals surface area contributed by atoms with Crippen LogP contribution in [0.25, 0.3) is 0 Å². The zero-order valence-electron chi connectivity index (χ0n) is 3.69. The summed E-state index contributed by atoms with van der Waals surface area (Å²) in [5.74, 6) is 0.000000000000000444. The Balaban J connectivity index is 2.41. The van der Waals surface area contributed by atoms with E-state index in [-0.39, 0.29) is 5.95 Å². The Kier molecular flexibility index (Phi) is 1.15. The molecule has 1 saturated heterocycles. The molecule has 1 aliphatic rings. The fraction of sp³-hybridized carbons (Fsp3) is 0.500. The lowest BCUT2D eigenvalue weighted by atomic mass is 10.8. The summed E-state index contributed by atoms with van der Waals surface area (Å²) >= 11 is 0. The highest BCUT2D eigenvalue weighted by molar-refractivity contribution is 4.77. The van der Waals surface area contributed by atoms with E-state index < -0.39 is 0 Å². The van der Waals surface area contributed by atoms with Gasteiger partial charge in [0.15, 0.2) is 6.33 Å². The molecule has 0 radical (unpaired) electrons. The van der Waals surface area contributed by atoms with Crippen molar-refractivity contribution in [2.45, 2.75) is 0 Å². The van der Waals surface area contributed by atoms with Crippen molar-refractivity contribution >= 4 is 0 Å². The predicted octanol–water partition coefficient (Wildman–Crippen LogP) is 0.802. The molecule has 0 N–H and O–H groups in total. The molecule has 0 unspecified atom stereocenters. The number of rotatable bonds is 0. The lowest BCUT2D eigenvalue weighted by molar-refractivity contribution is 0.167. The predicted molar refractivity (Wildman–Crippen MR) is 21.1 cm³/mol. The smallest absolute Gasteiger partial charge is 0.309 e. The van der Waals surface area contributed by atoms with Gasteiger partial charge in [-0.1, -0.05) is 0 Å². The molecule has 1 fully saturated rings. The Morgan fingerprint density at radius 1 is 1.43 bits per heavy atom. The van der Waals surface area contributed by atoms with Crippen LogP contribution in [-0.4, -0.2) is 13.2 Å². The largest absolute Gasteiger partial charge is 0.460 e. The van der Waals surface area contributed by atoms with Crippen LogP contribution in [0, 0.1) is 0 Å². The van der Waals surface area contributed by atoms with Gasteiger partial charge in [0, 0.05) is 0 Å². The Morgan fingerprint density at radius 2 is 2.00 bits per heavy atom. The first-order chi connectivity index (χ1) is 3.43. The van der Waals surface area contributed by atoms with Crippen LogP contribution < -0.4 is 0 Å². The molecular weight excluding hydrogens is 99.0 g/mol. The lowest BCUT2D eigenvalue weighted by Crippen LogP contribution is -1.79. The fourth-order valence-corrected chi connectivity index (χ4v) is 0.389. The van der Waals surface area contributed by atoms with Crippen molar-refractivity contribution in [3.05, 3.63) is 12.3 Å². The van der Waals surface area contributed by atoms with Crippen LogP contribution >= 0.6 is 0 Å². The molecule has 1 rings (SSSR count). The second-order valence-corrected chi connectivity index (χ2v) is 1.13. The Bertz CT molecular complexity index is 81.7. The van der Waals surface area contributed by atoms with E-state index in [4.69, 9.17) is 0 Å². The van der Waals surface area contributed by atoms with Gasteiger partial charge >= 0.3 is 5.95 Å². The second kappa shape index (κ2) is 1.82. The van der Waals surface area contributed by atoms with Gasteiger partial charge in [-0.15, -0.1) is 0 Å². The molecule has 0 spiro atoms. The van der Waals surface area contributed by atoms with Crippen molar-refractivity contribution in [1.29, 1.82) is 0 Å². The molecule has 2 nitrogen and oxygen atoms in total. The zero-order chi connectivity index (χ0) is 5.11. The van der Waals surface area contributed by atoms with Gasteiger partial charge in [0.1, 0.15) is 13.2 Å². The molecule has 0 aromatic carbocycles. The highest BCUT2D eigenvalue weighted by Gasteiger charge is 2.05. The molecule has 40 valence electrons. The summed E-state index contributed by atoms with van der Waals surface area (Å²) in [6, 6.07) is 0. The van der Waals surface area contributed by atoms with Crippen LogP contribution in [0.4, 0.5) is 4.39 Å². The van der Waals surface area contributed by atoms with Crippen LogP contribution in [0.3, 0.4) is 0 Å². The number of ether oxygens (including phenoxy) is 2. The number of hydrogen-bond acceptors (Lipinski definition) is 2. The Hall–Kier alpha value is -0.730. The van der Waals surface area contributed by atoms with Crippen LogP contribution in [0.2, 0.25) is 0 Å². The molecule has 0 aromatic rings. The summed E-state index contributed by atoms with van der Waals surface area (Å²) in [6.45, 7) is 0.936. The lowest BCUT2D eigenvalue weighted by Gasteiger charge is -1.88. The maximum Gasteiger partial charge on any atom is 0.309 e. The van der Waals surface area contributed by atoms with E-state index in [2.05, 4.69) is 9.47 Å². The summed E-state index contributed by atoms with van der Waals surface area (Å²) < 4.78 is 20.4. The summed E-state index contributed by atoms with van der Waals surface area (Å²) in [4.78, 5) is 0. The highest BCUT2D eigenvalue weighted by atomic mass is 19.1. The summed E-state index contributed by atoms with van der Waals surface area (Å²) in [5, 5.41) is 0. The maximum atomic E-state index is 11.3. The summed E-state index contributed by atoms with van der Waals surface area (Å²) in [5.41, 5.74) is 0. The van der Waals surface area contributed by atoms with E-state index in [1.807, 2.05) is 0 Å². The van der Waals surface area contributed by atoms with Gasteiger partial charge in [-0.25, -0.2) is 4.39 Å². The first-order valence-electron chi connectivity index (χ1n) is 1.99. The van der Waals surface area contributed by atoms with Crippen molar-refractivity contribution in [3.63, 3.8) is 0 Å². The van der Waals surface area contributed by atoms with E-state index in [1.165, 1.54) is 0 Å². The second-order valence-electron chi connectivity index (χ2n) is 1.13. The van der Waals surface area contributed by atoms with Gasteiger partial charge in [-0.3, -0.25) is 0 Å². The molecule has 1 aliphatic heterocycles. The molecule has 3 heteroatoms. The van der Waals surface area contributed by atoms with Crippen molar-refractivity contribution in [3.8, 4) is 0 Å². The first-order valence-corrected chi connectivity index (χ1v) is 1.99. The molecule has 0 aromatic heterocycles. The van der Waals surface area contributed by atoms with E-state index in [0.717, 1.165) is 0 Å². The minimum atomic E-state index is 0.000000000000000444. The van der Waals surface area contributed by atoms with Gasteiger partial charge in [0.2, 0.25) is 0 Å². The SMILES string of the molecule is FC=C1OCCO1. The number of halogens is 1. The first kappa shape index (κ1) is 4.43. The third-order valence-electron chi connectivity index (χ3n) is 0.661. The third kappa shape index (κ3) is 0.824. The van der Waals surface area contributed by atoms with Crippen LogP contribution in [0.15, 0.2) is 12.3 Å². The molecule has 0 atom stereocenters. The standard InChI is InChI=1S/C4H5FO2/c5-3-4-6-1-2-7-4/h3H,1-2H2. The minimum absolute atomic E-state index is 0.000000000000000444. The van der Waals surface area contributed by atoms with Gasteiger partial charge in [0.05, 0.1) is 0 Å². The average molecular weight is 104 g/mol. The molecular formula is C4H5FO2. The molecule has 0 aliphatic carbocycles. The Labute approximate surface area is 40.5 Å². The topological polar surface area (TPSA) is 18.5 Å². The number of hydrogen-bond donors (Lipinski definition) is 0. The molecule has 0 saturated carbocycles. The highest BCUT2D eigenvalue weighted by Crippen LogP contribution is 2.06. The quantitative estimate of drug-likeness (QED) is 0.452. The van der Waals surface area contributed by atoms with Crippen molar-refractivity contribution in [2.75, 3.05) is 13.2 Å². The minimum Gasteiger partial charge on any atom is -0.460 e. The van der Waals surface area contributed by atoms with Crippen LogP contribution in [0.1, 0.15) is 0 Å². The molecule has 0 amide bonds. The van der Waals surface area contributed by atoms with Crippen molar-refractivity contribution in [2.24, 2.45) is 0 Å². The van der Waals surface area contributed by atoms with E-state index in [0.29, 0.717) is 19.5 Å².